The zero-order valence-electron chi connectivity index (χ0n) is 8.40. The zero-order valence-corrected chi connectivity index (χ0v) is 9.99. The van der Waals surface area contributed by atoms with Crippen LogP contribution in [0, 0.1) is 0 Å². The summed E-state index contributed by atoms with van der Waals surface area (Å²) in [6, 6.07) is 5.84. The number of halogens is 1. The molecule has 0 aliphatic rings. The first-order valence-electron chi connectivity index (χ1n) is 4.67. The molecule has 80 valence electrons. The molecule has 0 saturated heterocycles. The molecule has 0 fully saturated rings. The normalized spacial score (nSPS) is 10.9. The van der Waals surface area contributed by atoms with Crippen LogP contribution in [0.5, 0.6) is 5.75 Å². The Labute approximate surface area is 96.1 Å². The molecule has 0 spiro atoms. The van der Waals surface area contributed by atoms with Crippen molar-refractivity contribution in [3.63, 3.8) is 0 Å². The molecule has 0 bridgehead atoms. The number of nitrogens with zero attached hydrogens (tertiary/aromatic N) is 2. The fraction of sp³-hybridized carbons (Fsp3) is 0.300. The molecule has 1 heterocycles. The van der Waals surface area contributed by atoms with E-state index < -0.39 is 0 Å². The molecule has 15 heavy (non-hydrogen) atoms. The van der Waals surface area contributed by atoms with Crippen molar-refractivity contribution in [3.8, 4) is 5.75 Å². The average molecular weight is 270 g/mol. The third kappa shape index (κ3) is 1.72. The molecule has 2 rings (SSSR count). The van der Waals surface area contributed by atoms with E-state index in [2.05, 4.69) is 21.0 Å². The predicted octanol–water partition coefficient (Wildman–Crippen LogP) is 1.77. The van der Waals surface area contributed by atoms with E-state index in [1.165, 1.54) is 0 Å². The first-order chi connectivity index (χ1) is 7.27. The number of fused-ring (bicyclic) bond motifs is 1. The molecular weight excluding hydrogens is 258 g/mol. The molecule has 0 aliphatic heterocycles. The third-order valence-electron chi connectivity index (χ3n) is 2.23. The number of hydrogen-bond donors (Lipinski definition) is 1. The summed E-state index contributed by atoms with van der Waals surface area (Å²) in [5, 5.41) is 5.48. The average Bonchev–Trinajstić information content (AvgIpc) is 2.57. The number of benzene rings is 1. The largest absolute Gasteiger partial charge is 0.494 e. The Morgan fingerprint density at radius 1 is 1.53 bits per heavy atom. The van der Waals surface area contributed by atoms with Crippen LogP contribution in [0.2, 0.25) is 0 Å². The SMILES string of the molecule is COc1cccc2c(Br)n(CCN)nc12. The van der Waals surface area contributed by atoms with Crippen LogP contribution in [0.15, 0.2) is 22.8 Å². The van der Waals surface area contributed by atoms with Crippen LogP contribution in [0.3, 0.4) is 0 Å². The highest BCUT2D eigenvalue weighted by molar-refractivity contribution is 9.10. The fourth-order valence-corrected chi connectivity index (χ4v) is 2.11. The van der Waals surface area contributed by atoms with Gasteiger partial charge in [-0.25, -0.2) is 0 Å². The van der Waals surface area contributed by atoms with Gasteiger partial charge < -0.3 is 10.5 Å². The number of methoxy groups -OCH3 is 1. The van der Waals surface area contributed by atoms with E-state index in [1.807, 2.05) is 22.9 Å². The fourth-order valence-electron chi connectivity index (χ4n) is 1.53. The van der Waals surface area contributed by atoms with Crippen LogP contribution in [0.1, 0.15) is 0 Å². The van der Waals surface area contributed by atoms with E-state index in [1.54, 1.807) is 7.11 Å². The highest BCUT2D eigenvalue weighted by Crippen LogP contribution is 2.29. The van der Waals surface area contributed by atoms with Crippen LogP contribution < -0.4 is 10.5 Å². The van der Waals surface area contributed by atoms with Crippen LogP contribution in [-0.4, -0.2) is 23.4 Å². The Balaban J connectivity index is 2.64. The van der Waals surface area contributed by atoms with Gasteiger partial charge >= 0.3 is 0 Å². The van der Waals surface area contributed by atoms with Gasteiger partial charge in [-0.05, 0) is 28.1 Å². The van der Waals surface area contributed by atoms with Gasteiger partial charge in [0.2, 0.25) is 0 Å². The van der Waals surface area contributed by atoms with Crippen LogP contribution in [0.4, 0.5) is 0 Å². The Hall–Kier alpha value is -1.07. The van der Waals surface area contributed by atoms with E-state index in [-0.39, 0.29) is 0 Å². The summed E-state index contributed by atoms with van der Waals surface area (Å²) in [7, 11) is 1.64. The maximum atomic E-state index is 5.51. The summed E-state index contributed by atoms with van der Waals surface area (Å²) < 4.78 is 8.03. The Morgan fingerprint density at radius 3 is 3.00 bits per heavy atom. The smallest absolute Gasteiger partial charge is 0.147 e. The molecule has 1 aromatic heterocycles. The van der Waals surface area contributed by atoms with Gasteiger partial charge in [-0.3, -0.25) is 4.68 Å². The van der Waals surface area contributed by atoms with E-state index in [4.69, 9.17) is 10.5 Å². The summed E-state index contributed by atoms with van der Waals surface area (Å²) in [5.74, 6) is 0.781. The molecule has 5 heteroatoms. The third-order valence-corrected chi connectivity index (χ3v) is 3.07. The quantitative estimate of drug-likeness (QED) is 0.924. The van der Waals surface area contributed by atoms with Crippen molar-refractivity contribution < 1.29 is 4.74 Å². The molecule has 1 aromatic carbocycles. The minimum absolute atomic E-state index is 0.564. The van der Waals surface area contributed by atoms with E-state index in [0.717, 1.165) is 21.3 Å². The number of rotatable bonds is 3. The standard InChI is InChI=1S/C10H12BrN3O/c1-15-8-4-2-3-7-9(8)13-14(6-5-12)10(7)11/h2-4H,5-6,12H2,1H3. The molecule has 0 saturated carbocycles. The summed E-state index contributed by atoms with van der Waals surface area (Å²) in [5.41, 5.74) is 6.37. The summed E-state index contributed by atoms with van der Waals surface area (Å²) in [6.07, 6.45) is 0. The minimum Gasteiger partial charge on any atom is -0.494 e. The summed E-state index contributed by atoms with van der Waals surface area (Å²) >= 11 is 3.51. The van der Waals surface area contributed by atoms with Crippen molar-refractivity contribution in [2.75, 3.05) is 13.7 Å². The molecule has 2 aromatic rings. The Morgan fingerprint density at radius 2 is 2.33 bits per heavy atom. The Bertz CT molecular complexity index is 481. The number of ether oxygens (including phenoxy) is 1. The van der Waals surface area contributed by atoms with Gasteiger partial charge in [-0.1, -0.05) is 6.07 Å². The second kappa shape index (κ2) is 4.20. The second-order valence-electron chi connectivity index (χ2n) is 3.16. The predicted molar refractivity (Wildman–Crippen MR) is 63.0 cm³/mol. The molecule has 0 unspecified atom stereocenters. The molecular formula is C10H12BrN3O. The van der Waals surface area contributed by atoms with Crippen molar-refractivity contribution in [1.82, 2.24) is 9.78 Å². The van der Waals surface area contributed by atoms with Crippen LogP contribution in [0.25, 0.3) is 10.9 Å². The second-order valence-corrected chi connectivity index (χ2v) is 3.91. The van der Waals surface area contributed by atoms with Gasteiger partial charge in [0.1, 0.15) is 15.9 Å². The molecule has 4 nitrogen and oxygen atoms in total. The van der Waals surface area contributed by atoms with Gasteiger partial charge in [0, 0.05) is 11.9 Å². The van der Waals surface area contributed by atoms with E-state index in [0.29, 0.717) is 13.1 Å². The van der Waals surface area contributed by atoms with Crippen LogP contribution in [-0.2, 0) is 6.54 Å². The van der Waals surface area contributed by atoms with Gasteiger partial charge in [0.15, 0.2) is 0 Å². The Kier molecular flexibility index (Phi) is 2.93. The van der Waals surface area contributed by atoms with Crippen LogP contribution >= 0.6 is 15.9 Å². The van der Waals surface area contributed by atoms with E-state index >= 15 is 0 Å². The zero-order chi connectivity index (χ0) is 10.8. The van der Waals surface area contributed by atoms with Crippen molar-refractivity contribution in [2.45, 2.75) is 6.54 Å². The lowest BCUT2D eigenvalue weighted by atomic mass is 10.2. The maximum Gasteiger partial charge on any atom is 0.147 e. The molecule has 2 N–H and O–H groups in total. The van der Waals surface area contributed by atoms with E-state index in [9.17, 15) is 0 Å². The topological polar surface area (TPSA) is 53.1 Å². The molecule has 0 aliphatic carbocycles. The highest BCUT2D eigenvalue weighted by atomic mass is 79.9. The van der Waals surface area contributed by atoms with Gasteiger partial charge in [0.25, 0.3) is 0 Å². The number of aromatic nitrogens is 2. The summed E-state index contributed by atoms with van der Waals surface area (Å²) in [6.45, 7) is 1.26. The summed E-state index contributed by atoms with van der Waals surface area (Å²) in [4.78, 5) is 0. The van der Waals surface area contributed by atoms with Crippen molar-refractivity contribution in [3.05, 3.63) is 22.8 Å². The lowest BCUT2D eigenvalue weighted by Crippen LogP contribution is -2.11. The maximum absolute atomic E-state index is 5.51. The number of nitrogens with two attached hydrogens (primary N) is 1. The molecule has 0 radical (unpaired) electrons. The van der Waals surface area contributed by atoms with Gasteiger partial charge in [-0.2, -0.15) is 5.10 Å². The lowest BCUT2D eigenvalue weighted by Gasteiger charge is -1.98. The van der Waals surface area contributed by atoms with Gasteiger partial charge in [-0.15, -0.1) is 0 Å². The van der Waals surface area contributed by atoms with Crippen molar-refractivity contribution in [2.24, 2.45) is 5.73 Å². The molecule has 0 amide bonds. The number of hydrogen-bond acceptors (Lipinski definition) is 3. The van der Waals surface area contributed by atoms with Gasteiger partial charge in [0.05, 0.1) is 13.7 Å². The van der Waals surface area contributed by atoms with Crippen molar-refractivity contribution in [1.29, 1.82) is 0 Å². The first-order valence-corrected chi connectivity index (χ1v) is 5.46. The minimum atomic E-state index is 0.564. The first kappa shape index (κ1) is 10.4. The monoisotopic (exact) mass is 269 g/mol. The van der Waals surface area contributed by atoms with Crippen molar-refractivity contribution >= 4 is 26.8 Å². The lowest BCUT2D eigenvalue weighted by molar-refractivity contribution is 0.418. The molecule has 0 atom stereocenters. The highest BCUT2D eigenvalue weighted by Gasteiger charge is 2.11.